The van der Waals surface area contributed by atoms with Crippen LogP contribution in [0, 0.1) is 6.92 Å². The number of anilines is 1. The number of fused-ring (bicyclic) bond motifs is 2. The van der Waals surface area contributed by atoms with Crippen LogP contribution in [0.1, 0.15) is 5.56 Å². The fourth-order valence-electron chi connectivity index (χ4n) is 4.63. The molecule has 8 heteroatoms. The summed E-state index contributed by atoms with van der Waals surface area (Å²) in [5.41, 5.74) is 7.25. The zero-order chi connectivity index (χ0) is 23.9. The van der Waals surface area contributed by atoms with Crippen molar-refractivity contribution in [1.82, 2.24) is 29.4 Å². The summed E-state index contributed by atoms with van der Waals surface area (Å²) in [5.74, 6) is 0.810. The summed E-state index contributed by atoms with van der Waals surface area (Å²) in [6.45, 7) is 3.49. The molecule has 0 radical (unpaired) electrons. The van der Waals surface area contributed by atoms with Crippen LogP contribution in [0.25, 0.3) is 38.8 Å². The molecular formula is C27H26N8. The topological polar surface area (TPSA) is 76.2 Å². The normalized spacial score (nSPS) is 13.6. The Kier molecular flexibility index (Phi) is 5.06. The molecule has 0 aliphatic carbocycles. The Balaban J connectivity index is 1.38. The quantitative estimate of drug-likeness (QED) is 0.415. The van der Waals surface area contributed by atoms with E-state index in [1.807, 2.05) is 54.1 Å². The number of benzene rings is 2. The molecular weight excluding hydrogens is 436 g/mol. The molecule has 0 spiro atoms. The second-order valence-corrected chi connectivity index (χ2v) is 8.94. The van der Waals surface area contributed by atoms with Gasteiger partial charge in [-0.3, -0.25) is 9.67 Å². The number of hydrogen-bond acceptors (Lipinski definition) is 6. The molecule has 2 aromatic carbocycles. The van der Waals surface area contributed by atoms with Crippen LogP contribution in [0.5, 0.6) is 0 Å². The van der Waals surface area contributed by atoms with Crippen LogP contribution in [0.15, 0.2) is 77.7 Å². The first kappa shape index (κ1) is 21.1. The van der Waals surface area contributed by atoms with Crippen molar-refractivity contribution in [2.45, 2.75) is 6.92 Å². The maximum atomic E-state index is 5.09. The number of pyridine rings is 1. The first-order chi connectivity index (χ1) is 17.1. The lowest BCUT2D eigenvalue weighted by Crippen LogP contribution is -2.19. The third-order valence-electron chi connectivity index (χ3n) is 6.24. The van der Waals surface area contributed by atoms with Gasteiger partial charge in [0.15, 0.2) is 0 Å². The fraction of sp³-hybridized carbons (Fsp3) is 0.185. The molecule has 5 aromatic rings. The van der Waals surface area contributed by atoms with Crippen molar-refractivity contribution in [3.8, 4) is 16.9 Å². The second kappa shape index (κ2) is 8.39. The van der Waals surface area contributed by atoms with Gasteiger partial charge in [-0.15, -0.1) is 0 Å². The molecule has 0 bridgehead atoms. The summed E-state index contributed by atoms with van der Waals surface area (Å²) in [7, 11) is 3.96. The summed E-state index contributed by atoms with van der Waals surface area (Å²) in [5, 5.41) is 15.2. The highest BCUT2D eigenvalue weighted by Gasteiger charge is 2.18. The highest BCUT2D eigenvalue weighted by Crippen LogP contribution is 2.35. The lowest BCUT2D eigenvalue weighted by Gasteiger charge is -2.17. The van der Waals surface area contributed by atoms with E-state index < -0.39 is 0 Å². The van der Waals surface area contributed by atoms with E-state index in [-0.39, 0.29) is 0 Å². The summed E-state index contributed by atoms with van der Waals surface area (Å²) < 4.78 is 3.85. The van der Waals surface area contributed by atoms with Crippen molar-refractivity contribution in [1.29, 1.82) is 0 Å². The first-order valence-corrected chi connectivity index (χ1v) is 11.6. The average molecular weight is 463 g/mol. The Labute approximate surface area is 203 Å². The molecule has 1 aliphatic rings. The smallest absolute Gasteiger partial charge is 0.126 e. The minimum absolute atomic E-state index is 0.670. The minimum atomic E-state index is 0.670. The van der Waals surface area contributed by atoms with Crippen molar-refractivity contribution in [2.75, 3.05) is 25.6 Å². The van der Waals surface area contributed by atoms with Crippen LogP contribution in [-0.4, -0.2) is 55.9 Å². The third-order valence-corrected chi connectivity index (χ3v) is 6.24. The minimum Gasteiger partial charge on any atom is -0.366 e. The molecule has 8 nitrogen and oxygen atoms in total. The van der Waals surface area contributed by atoms with Gasteiger partial charge in [0.05, 0.1) is 22.9 Å². The van der Waals surface area contributed by atoms with Crippen molar-refractivity contribution in [3.05, 3.63) is 78.3 Å². The zero-order valence-electron chi connectivity index (χ0n) is 20.0. The molecule has 0 saturated heterocycles. The Morgan fingerprint density at radius 2 is 1.86 bits per heavy atom. The zero-order valence-corrected chi connectivity index (χ0v) is 20.0. The predicted octanol–water partition coefficient (Wildman–Crippen LogP) is 4.55. The van der Waals surface area contributed by atoms with Crippen LogP contribution in [0.2, 0.25) is 0 Å². The van der Waals surface area contributed by atoms with Gasteiger partial charge in [-0.1, -0.05) is 30.3 Å². The van der Waals surface area contributed by atoms with Gasteiger partial charge < -0.3 is 10.2 Å². The van der Waals surface area contributed by atoms with E-state index in [1.54, 1.807) is 0 Å². The monoisotopic (exact) mass is 462 g/mol. The second-order valence-electron chi connectivity index (χ2n) is 8.94. The number of hydrogen-bond donors (Lipinski definition) is 1. The highest BCUT2D eigenvalue weighted by molar-refractivity contribution is 6.03. The number of nitrogens with one attached hydrogen (secondary N) is 1. The molecule has 1 aliphatic heterocycles. The van der Waals surface area contributed by atoms with Gasteiger partial charge in [-0.05, 0) is 30.7 Å². The van der Waals surface area contributed by atoms with E-state index >= 15 is 0 Å². The maximum absolute atomic E-state index is 5.09. The molecule has 4 heterocycles. The van der Waals surface area contributed by atoms with Gasteiger partial charge in [-0.25, -0.2) is 9.67 Å². The average Bonchev–Trinajstić information content (AvgIpc) is 3.44. The standard InChI is InChI=1S/C27H26N8/c1-18-6-4-8-22-26(21-7-5-9-24-23(21)16-34(3)31-24)32-35(27(18)22)20-10-11-25(30-14-20)29-13-19-12-28-17-33(2)15-19/h4-12,14-16H,13,17H2,1-3H3,(H,29,30). The lowest BCUT2D eigenvalue weighted by atomic mass is 10.0. The number of aromatic nitrogens is 5. The Hall–Kier alpha value is -4.46. The van der Waals surface area contributed by atoms with Gasteiger partial charge >= 0.3 is 0 Å². The van der Waals surface area contributed by atoms with Gasteiger partial charge in [0.2, 0.25) is 0 Å². The van der Waals surface area contributed by atoms with Crippen LogP contribution < -0.4 is 5.32 Å². The van der Waals surface area contributed by atoms with Gasteiger partial charge in [0.1, 0.15) is 18.2 Å². The van der Waals surface area contributed by atoms with Crippen molar-refractivity contribution < 1.29 is 0 Å². The number of nitrogens with zero attached hydrogens (tertiary/aromatic N) is 7. The lowest BCUT2D eigenvalue weighted by molar-refractivity contribution is 0.466. The van der Waals surface area contributed by atoms with Gasteiger partial charge in [0, 0.05) is 61.2 Å². The predicted molar refractivity (Wildman–Crippen MR) is 141 cm³/mol. The van der Waals surface area contributed by atoms with E-state index in [4.69, 9.17) is 5.10 Å². The Morgan fingerprint density at radius 3 is 2.69 bits per heavy atom. The molecule has 35 heavy (non-hydrogen) atoms. The summed E-state index contributed by atoms with van der Waals surface area (Å²) >= 11 is 0. The fourth-order valence-corrected chi connectivity index (χ4v) is 4.63. The summed E-state index contributed by atoms with van der Waals surface area (Å²) in [6, 6.07) is 16.6. The van der Waals surface area contributed by atoms with E-state index in [1.165, 1.54) is 0 Å². The summed E-state index contributed by atoms with van der Waals surface area (Å²) in [6.07, 6.45) is 7.92. The Bertz CT molecular complexity index is 1600. The number of aryl methyl sites for hydroxylation is 2. The van der Waals surface area contributed by atoms with E-state index in [9.17, 15) is 0 Å². The molecule has 0 fully saturated rings. The van der Waals surface area contributed by atoms with Crippen LogP contribution >= 0.6 is 0 Å². The van der Waals surface area contributed by atoms with Crippen LogP contribution in [0.3, 0.4) is 0 Å². The number of rotatable bonds is 5. The van der Waals surface area contributed by atoms with Gasteiger partial charge in [0.25, 0.3) is 0 Å². The van der Waals surface area contributed by atoms with Crippen LogP contribution in [0.4, 0.5) is 5.82 Å². The molecule has 0 atom stereocenters. The number of aliphatic imine (C=N–C) groups is 1. The van der Waals surface area contributed by atoms with E-state index in [2.05, 4.69) is 74.9 Å². The van der Waals surface area contributed by atoms with E-state index in [0.29, 0.717) is 13.2 Å². The summed E-state index contributed by atoms with van der Waals surface area (Å²) in [4.78, 5) is 11.1. The number of para-hydroxylation sites is 1. The highest BCUT2D eigenvalue weighted by atomic mass is 15.3. The van der Waals surface area contributed by atoms with E-state index in [0.717, 1.165) is 55.7 Å². The molecule has 3 aromatic heterocycles. The SMILES string of the molecule is Cc1cccc2c(-c3cccc4nn(C)cc34)nn(-c3ccc(NCC4=CN(C)CN=C4)nc3)c12. The molecule has 0 unspecified atom stereocenters. The molecule has 0 saturated carbocycles. The van der Waals surface area contributed by atoms with Gasteiger partial charge in [-0.2, -0.15) is 10.2 Å². The Morgan fingerprint density at radius 1 is 0.971 bits per heavy atom. The first-order valence-electron chi connectivity index (χ1n) is 11.6. The van der Waals surface area contributed by atoms with Crippen molar-refractivity contribution in [3.63, 3.8) is 0 Å². The van der Waals surface area contributed by atoms with Crippen molar-refractivity contribution in [2.24, 2.45) is 12.0 Å². The molecule has 0 amide bonds. The van der Waals surface area contributed by atoms with Crippen LogP contribution in [-0.2, 0) is 7.05 Å². The maximum Gasteiger partial charge on any atom is 0.126 e. The molecule has 6 rings (SSSR count). The largest absolute Gasteiger partial charge is 0.366 e. The molecule has 1 N–H and O–H groups in total. The third kappa shape index (κ3) is 3.82. The molecule has 174 valence electrons. The van der Waals surface area contributed by atoms with Crippen molar-refractivity contribution >= 4 is 33.8 Å².